The molecular weight excluding hydrogens is 284 g/mol. The molecule has 104 valence electrons. The van der Waals surface area contributed by atoms with Crippen LogP contribution in [0.4, 0.5) is 0 Å². The molecule has 0 spiro atoms. The molecule has 0 aromatic carbocycles. The third kappa shape index (κ3) is 3.33. The van der Waals surface area contributed by atoms with Gasteiger partial charge in [0.2, 0.25) is 11.7 Å². The number of nitrogens with one attached hydrogen (secondary N) is 1. The van der Waals surface area contributed by atoms with E-state index < -0.39 is 0 Å². The van der Waals surface area contributed by atoms with E-state index in [2.05, 4.69) is 27.3 Å². The Labute approximate surface area is 122 Å². The number of hydrogen-bond acceptors (Lipinski definition) is 6. The minimum atomic E-state index is 0. The summed E-state index contributed by atoms with van der Waals surface area (Å²) in [5.74, 6) is 1.39. The van der Waals surface area contributed by atoms with E-state index in [-0.39, 0.29) is 12.4 Å². The van der Waals surface area contributed by atoms with Gasteiger partial charge in [0, 0.05) is 36.6 Å². The first kappa shape index (κ1) is 14.5. The molecule has 0 amide bonds. The fraction of sp³-hybridized carbons (Fsp3) is 0.500. The van der Waals surface area contributed by atoms with Crippen LogP contribution in [0, 0.1) is 0 Å². The van der Waals surface area contributed by atoms with E-state index in [4.69, 9.17) is 4.52 Å². The van der Waals surface area contributed by atoms with Crippen molar-refractivity contribution in [2.45, 2.75) is 19.5 Å². The number of rotatable bonds is 3. The highest BCUT2D eigenvalue weighted by molar-refractivity contribution is 7.08. The lowest BCUT2D eigenvalue weighted by atomic mass is 10.2. The molecule has 19 heavy (non-hydrogen) atoms. The van der Waals surface area contributed by atoms with Gasteiger partial charge in [0.05, 0.1) is 6.54 Å². The van der Waals surface area contributed by atoms with Crippen LogP contribution in [0.15, 0.2) is 21.3 Å². The Bertz CT molecular complexity index is 502. The predicted octanol–water partition coefficient (Wildman–Crippen LogP) is 2.01. The van der Waals surface area contributed by atoms with Crippen molar-refractivity contribution in [2.75, 3.05) is 19.6 Å². The summed E-state index contributed by atoms with van der Waals surface area (Å²) >= 11 is 1.64. The van der Waals surface area contributed by atoms with Crippen LogP contribution < -0.4 is 5.32 Å². The molecule has 5 nitrogen and oxygen atoms in total. The molecule has 1 fully saturated rings. The third-order valence-electron chi connectivity index (χ3n) is 3.22. The van der Waals surface area contributed by atoms with Crippen molar-refractivity contribution in [2.24, 2.45) is 0 Å². The summed E-state index contributed by atoms with van der Waals surface area (Å²) in [6.45, 7) is 6.01. The van der Waals surface area contributed by atoms with Crippen LogP contribution in [0.3, 0.4) is 0 Å². The summed E-state index contributed by atoms with van der Waals surface area (Å²) in [6, 6.07) is 2.52. The summed E-state index contributed by atoms with van der Waals surface area (Å²) in [4.78, 5) is 6.81. The Hall–Kier alpha value is -0.950. The summed E-state index contributed by atoms with van der Waals surface area (Å²) in [5.41, 5.74) is 1.03. The van der Waals surface area contributed by atoms with Crippen molar-refractivity contribution < 1.29 is 4.52 Å². The van der Waals surface area contributed by atoms with E-state index in [0.29, 0.717) is 17.8 Å². The number of hydrogen-bond donors (Lipinski definition) is 1. The molecule has 2 aromatic rings. The van der Waals surface area contributed by atoms with E-state index in [1.165, 1.54) is 0 Å². The van der Waals surface area contributed by atoms with E-state index in [0.717, 1.165) is 31.7 Å². The minimum Gasteiger partial charge on any atom is -0.338 e. The zero-order valence-corrected chi connectivity index (χ0v) is 12.3. The normalized spacial score (nSPS) is 20.2. The van der Waals surface area contributed by atoms with E-state index in [1.54, 1.807) is 11.3 Å². The lowest BCUT2D eigenvalue weighted by Gasteiger charge is -2.32. The van der Waals surface area contributed by atoms with Crippen molar-refractivity contribution >= 4 is 23.7 Å². The largest absolute Gasteiger partial charge is 0.338 e. The number of piperazine rings is 1. The van der Waals surface area contributed by atoms with E-state index in [1.807, 2.05) is 16.8 Å². The highest BCUT2D eigenvalue weighted by Gasteiger charge is 2.20. The van der Waals surface area contributed by atoms with Gasteiger partial charge in [0.25, 0.3) is 0 Å². The molecule has 1 atom stereocenters. The van der Waals surface area contributed by atoms with Gasteiger partial charge >= 0.3 is 0 Å². The number of nitrogens with zero attached hydrogens (tertiary/aromatic N) is 3. The summed E-state index contributed by atoms with van der Waals surface area (Å²) in [6.07, 6.45) is 0. The first-order valence-electron chi connectivity index (χ1n) is 6.13. The van der Waals surface area contributed by atoms with Gasteiger partial charge in [-0.25, -0.2) is 0 Å². The van der Waals surface area contributed by atoms with Crippen molar-refractivity contribution in [3.8, 4) is 11.4 Å². The highest BCUT2D eigenvalue weighted by Crippen LogP contribution is 2.19. The molecule has 7 heteroatoms. The van der Waals surface area contributed by atoms with Crippen LogP contribution in [-0.4, -0.2) is 40.7 Å². The molecule has 1 unspecified atom stereocenters. The number of aromatic nitrogens is 2. The summed E-state index contributed by atoms with van der Waals surface area (Å²) < 4.78 is 5.32. The smallest absolute Gasteiger partial charge is 0.241 e. The maximum absolute atomic E-state index is 5.32. The molecule has 3 rings (SSSR count). The monoisotopic (exact) mass is 300 g/mol. The van der Waals surface area contributed by atoms with Crippen LogP contribution in [0.25, 0.3) is 11.4 Å². The van der Waals surface area contributed by atoms with Gasteiger partial charge in [-0.1, -0.05) is 5.16 Å². The Morgan fingerprint density at radius 3 is 3.21 bits per heavy atom. The van der Waals surface area contributed by atoms with Gasteiger partial charge in [-0.2, -0.15) is 16.3 Å². The van der Waals surface area contributed by atoms with Crippen LogP contribution in [0.1, 0.15) is 12.8 Å². The van der Waals surface area contributed by atoms with Gasteiger partial charge in [0.15, 0.2) is 0 Å². The predicted molar refractivity (Wildman–Crippen MR) is 77.6 cm³/mol. The summed E-state index contributed by atoms with van der Waals surface area (Å²) in [5, 5.41) is 11.4. The van der Waals surface area contributed by atoms with Crippen LogP contribution in [-0.2, 0) is 6.54 Å². The third-order valence-corrected chi connectivity index (χ3v) is 3.91. The molecule has 0 radical (unpaired) electrons. The lowest BCUT2D eigenvalue weighted by Crippen LogP contribution is -2.49. The maximum Gasteiger partial charge on any atom is 0.241 e. The Kier molecular flexibility index (Phi) is 4.93. The standard InChI is InChI=1S/C12H16N4OS.ClH/c1-9-6-13-3-4-16(9)7-11-14-12(15-17-11)10-2-5-18-8-10;/h2,5,8-9,13H,3-4,6-7H2,1H3;1H. The quantitative estimate of drug-likeness (QED) is 0.940. The molecule has 2 aromatic heterocycles. The minimum absolute atomic E-state index is 0. The van der Waals surface area contributed by atoms with Crippen molar-refractivity contribution in [1.29, 1.82) is 0 Å². The first-order valence-corrected chi connectivity index (χ1v) is 7.07. The van der Waals surface area contributed by atoms with Crippen molar-refractivity contribution in [1.82, 2.24) is 20.4 Å². The Morgan fingerprint density at radius 2 is 2.47 bits per heavy atom. The second kappa shape index (κ2) is 6.47. The topological polar surface area (TPSA) is 54.2 Å². The second-order valence-corrected chi connectivity index (χ2v) is 5.33. The zero-order valence-electron chi connectivity index (χ0n) is 10.7. The SMILES string of the molecule is CC1CNCCN1Cc1nc(-c2ccsc2)no1.Cl. The van der Waals surface area contributed by atoms with Gasteiger partial charge < -0.3 is 9.84 Å². The Balaban J connectivity index is 0.00000133. The van der Waals surface area contributed by atoms with Crippen LogP contribution in [0.5, 0.6) is 0 Å². The molecule has 1 aliphatic rings. The zero-order chi connectivity index (χ0) is 12.4. The van der Waals surface area contributed by atoms with Gasteiger partial charge in [-0.05, 0) is 18.4 Å². The molecule has 1 N–H and O–H groups in total. The molecule has 0 bridgehead atoms. The number of halogens is 1. The Morgan fingerprint density at radius 1 is 1.58 bits per heavy atom. The fourth-order valence-electron chi connectivity index (χ4n) is 2.12. The van der Waals surface area contributed by atoms with Gasteiger partial charge in [0.1, 0.15) is 0 Å². The first-order chi connectivity index (χ1) is 8.83. The van der Waals surface area contributed by atoms with Crippen molar-refractivity contribution in [3.05, 3.63) is 22.7 Å². The van der Waals surface area contributed by atoms with Crippen LogP contribution in [0.2, 0.25) is 0 Å². The maximum atomic E-state index is 5.32. The van der Waals surface area contributed by atoms with Gasteiger partial charge in [-0.3, -0.25) is 4.90 Å². The molecule has 1 aliphatic heterocycles. The molecular formula is C12H17ClN4OS. The summed E-state index contributed by atoms with van der Waals surface area (Å²) in [7, 11) is 0. The average Bonchev–Trinajstić information content (AvgIpc) is 3.02. The van der Waals surface area contributed by atoms with Crippen LogP contribution >= 0.6 is 23.7 Å². The van der Waals surface area contributed by atoms with Crippen molar-refractivity contribution in [3.63, 3.8) is 0 Å². The highest BCUT2D eigenvalue weighted by atomic mass is 35.5. The van der Waals surface area contributed by atoms with Gasteiger partial charge in [-0.15, -0.1) is 12.4 Å². The molecule has 1 saturated heterocycles. The molecule has 3 heterocycles. The van der Waals surface area contributed by atoms with E-state index >= 15 is 0 Å². The lowest BCUT2D eigenvalue weighted by molar-refractivity contribution is 0.146. The second-order valence-electron chi connectivity index (χ2n) is 4.55. The molecule has 0 aliphatic carbocycles. The molecule has 0 saturated carbocycles. The fourth-order valence-corrected chi connectivity index (χ4v) is 2.75. The average molecular weight is 301 g/mol. The number of thiophene rings is 1. The van der Waals surface area contributed by atoms with E-state index in [9.17, 15) is 0 Å².